The van der Waals surface area contributed by atoms with Crippen LogP contribution in [0.3, 0.4) is 0 Å². The standard InChI is InChI=1S/C17H14F6N4O/c1-10(15(28)26-7-16(19,20)8-26)6-27-9-24-14(25-27)12-2-11(5-18)3-13(4-12)17(21,22)23/h2-4,9H,1,5-8H2. The smallest absolute Gasteiger partial charge is 0.327 e. The average molecular weight is 404 g/mol. The summed E-state index contributed by atoms with van der Waals surface area (Å²) in [5, 5.41) is 3.97. The van der Waals surface area contributed by atoms with E-state index in [0.29, 0.717) is 6.07 Å². The summed E-state index contributed by atoms with van der Waals surface area (Å²) < 4.78 is 78.6. The van der Waals surface area contributed by atoms with Gasteiger partial charge in [-0.2, -0.15) is 18.3 Å². The van der Waals surface area contributed by atoms with Gasteiger partial charge in [-0.15, -0.1) is 0 Å². The van der Waals surface area contributed by atoms with Crippen LogP contribution in [0.2, 0.25) is 0 Å². The van der Waals surface area contributed by atoms with E-state index in [1.54, 1.807) is 0 Å². The van der Waals surface area contributed by atoms with Crippen molar-refractivity contribution in [2.24, 2.45) is 0 Å². The molecule has 0 aliphatic carbocycles. The fourth-order valence-corrected chi connectivity index (χ4v) is 2.71. The maximum absolute atomic E-state index is 13.0. The molecule has 1 amide bonds. The molecule has 0 N–H and O–H groups in total. The van der Waals surface area contributed by atoms with Crippen molar-refractivity contribution >= 4 is 5.91 Å². The van der Waals surface area contributed by atoms with Gasteiger partial charge in [-0.05, 0) is 23.8 Å². The SMILES string of the molecule is C=C(Cn1cnc(-c2cc(CF)cc(C(F)(F)F)c2)n1)C(=O)N1CC(F)(F)C1. The molecule has 0 unspecified atom stereocenters. The van der Waals surface area contributed by atoms with Crippen LogP contribution in [0.15, 0.2) is 36.7 Å². The number of likely N-dealkylation sites (tertiary alicyclic amines) is 1. The number of amides is 1. The molecule has 11 heteroatoms. The second-order valence-corrected chi connectivity index (χ2v) is 6.44. The summed E-state index contributed by atoms with van der Waals surface area (Å²) in [7, 11) is 0. The summed E-state index contributed by atoms with van der Waals surface area (Å²) in [6, 6.07) is 2.68. The van der Waals surface area contributed by atoms with E-state index in [1.807, 2.05) is 0 Å². The Bertz CT molecular complexity index is 913. The van der Waals surface area contributed by atoms with Crippen LogP contribution in [0, 0.1) is 0 Å². The highest BCUT2D eigenvalue weighted by atomic mass is 19.4. The minimum absolute atomic E-state index is 0.0274. The molecule has 1 aromatic carbocycles. The third-order valence-electron chi connectivity index (χ3n) is 4.06. The summed E-state index contributed by atoms with van der Waals surface area (Å²) in [6.45, 7) is 0.880. The lowest BCUT2D eigenvalue weighted by Crippen LogP contribution is -2.58. The number of alkyl halides is 6. The van der Waals surface area contributed by atoms with Gasteiger partial charge in [0.15, 0.2) is 5.82 Å². The Morgan fingerprint density at radius 1 is 1.21 bits per heavy atom. The van der Waals surface area contributed by atoms with Gasteiger partial charge in [0.2, 0.25) is 0 Å². The van der Waals surface area contributed by atoms with Gasteiger partial charge in [0.1, 0.15) is 13.0 Å². The Morgan fingerprint density at radius 3 is 2.46 bits per heavy atom. The highest BCUT2D eigenvalue weighted by Crippen LogP contribution is 2.33. The highest BCUT2D eigenvalue weighted by molar-refractivity contribution is 5.93. The summed E-state index contributed by atoms with van der Waals surface area (Å²) in [6.07, 6.45) is -3.50. The van der Waals surface area contributed by atoms with Gasteiger partial charge in [-0.1, -0.05) is 6.58 Å². The first-order chi connectivity index (χ1) is 13.0. The van der Waals surface area contributed by atoms with Crippen LogP contribution in [0.1, 0.15) is 11.1 Å². The largest absolute Gasteiger partial charge is 0.416 e. The molecular formula is C17H14F6N4O. The van der Waals surface area contributed by atoms with Crippen molar-refractivity contribution in [3.8, 4) is 11.4 Å². The zero-order valence-electron chi connectivity index (χ0n) is 14.3. The van der Waals surface area contributed by atoms with Gasteiger partial charge in [-0.25, -0.2) is 22.8 Å². The van der Waals surface area contributed by atoms with Crippen molar-refractivity contribution in [3.63, 3.8) is 0 Å². The monoisotopic (exact) mass is 404 g/mol. The molecule has 1 aromatic heterocycles. The predicted octanol–water partition coefficient (Wildman–Crippen LogP) is 3.47. The number of halogens is 6. The zero-order chi connectivity index (χ0) is 20.7. The number of carbonyl (C=O) groups excluding carboxylic acids is 1. The number of hydrogen-bond donors (Lipinski definition) is 0. The van der Waals surface area contributed by atoms with E-state index < -0.39 is 43.3 Å². The van der Waals surface area contributed by atoms with Crippen LogP contribution in [-0.2, 0) is 24.2 Å². The molecular weight excluding hydrogens is 390 g/mol. The summed E-state index contributed by atoms with van der Waals surface area (Å²) in [5.74, 6) is -3.67. The van der Waals surface area contributed by atoms with Crippen LogP contribution < -0.4 is 0 Å². The molecule has 1 saturated heterocycles. The van der Waals surface area contributed by atoms with Gasteiger partial charge < -0.3 is 4.90 Å². The van der Waals surface area contributed by atoms with E-state index in [1.165, 1.54) is 6.07 Å². The molecule has 0 spiro atoms. The van der Waals surface area contributed by atoms with Crippen LogP contribution >= 0.6 is 0 Å². The number of aromatic nitrogens is 3. The Morgan fingerprint density at radius 2 is 1.89 bits per heavy atom. The minimum Gasteiger partial charge on any atom is -0.327 e. The van der Waals surface area contributed by atoms with Gasteiger partial charge in [0.25, 0.3) is 11.8 Å². The maximum Gasteiger partial charge on any atom is 0.416 e. The van der Waals surface area contributed by atoms with E-state index in [0.717, 1.165) is 22.0 Å². The highest BCUT2D eigenvalue weighted by Gasteiger charge is 2.46. The van der Waals surface area contributed by atoms with Crippen LogP contribution in [0.5, 0.6) is 0 Å². The molecule has 1 aliphatic heterocycles. The zero-order valence-corrected chi connectivity index (χ0v) is 14.3. The fraction of sp³-hybridized carbons (Fsp3) is 0.353. The third kappa shape index (κ3) is 4.18. The Balaban J connectivity index is 1.75. The Hall–Kier alpha value is -2.85. The van der Waals surface area contributed by atoms with Crippen LogP contribution in [0.4, 0.5) is 26.3 Å². The van der Waals surface area contributed by atoms with E-state index in [9.17, 15) is 31.1 Å². The first-order valence-corrected chi connectivity index (χ1v) is 8.00. The van der Waals surface area contributed by atoms with Gasteiger partial charge in [-0.3, -0.25) is 4.79 Å². The van der Waals surface area contributed by atoms with Crippen molar-refractivity contribution in [3.05, 3.63) is 47.8 Å². The lowest BCUT2D eigenvalue weighted by molar-refractivity contribution is -0.162. The quantitative estimate of drug-likeness (QED) is 0.567. The molecule has 1 aliphatic rings. The fourth-order valence-electron chi connectivity index (χ4n) is 2.71. The van der Waals surface area contributed by atoms with Gasteiger partial charge in [0, 0.05) is 11.1 Å². The van der Waals surface area contributed by atoms with Crippen molar-refractivity contribution in [2.75, 3.05) is 13.1 Å². The predicted molar refractivity (Wildman–Crippen MR) is 85.9 cm³/mol. The number of hydrogen-bond acceptors (Lipinski definition) is 3. The molecule has 28 heavy (non-hydrogen) atoms. The molecule has 0 atom stereocenters. The molecule has 5 nitrogen and oxygen atoms in total. The van der Waals surface area contributed by atoms with Gasteiger partial charge in [0.05, 0.1) is 25.2 Å². The number of benzene rings is 1. The van der Waals surface area contributed by atoms with Crippen molar-refractivity contribution in [1.82, 2.24) is 19.7 Å². The first-order valence-electron chi connectivity index (χ1n) is 8.00. The lowest BCUT2D eigenvalue weighted by atomic mass is 10.1. The second-order valence-electron chi connectivity index (χ2n) is 6.44. The van der Waals surface area contributed by atoms with E-state index >= 15 is 0 Å². The van der Waals surface area contributed by atoms with E-state index in [-0.39, 0.29) is 29.1 Å². The topological polar surface area (TPSA) is 51.0 Å². The van der Waals surface area contributed by atoms with Crippen LogP contribution in [0.25, 0.3) is 11.4 Å². The molecule has 0 radical (unpaired) electrons. The molecule has 3 rings (SSSR count). The number of nitrogens with zero attached hydrogens (tertiary/aromatic N) is 4. The lowest BCUT2D eigenvalue weighted by Gasteiger charge is -2.38. The summed E-state index contributed by atoms with van der Waals surface area (Å²) >= 11 is 0. The number of rotatable bonds is 5. The van der Waals surface area contributed by atoms with Crippen molar-refractivity contribution in [2.45, 2.75) is 25.3 Å². The molecule has 2 aromatic rings. The van der Waals surface area contributed by atoms with Crippen molar-refractivity contribution < 1.29 is 31.1 Å². The third-order valence-corrected chi connectivity index (χ3v) is 4.06. The number of carbonyl (C=O) groups is 1. The molecule has 0 saturated carbocycles. The second kappa shape index (κ2) is 6.95. The average Bonchev–Trinajstić information content (AvgIpc) is 3.06. The van der Waals surface area contributed by atoms with E-state index in [2.05, 4.69) is 16.7 Å². The minimum atomic E-state index is -4.66. The molecule has 2 heterocycles. The first kappa shape index (κ1) is 19.9. The Labute approximate surface area is 155 Å². The van der Waals surface area contributed by atoms with Crippen LogP contribution in [-0.4, -0.2) is 44.6 Å². The van der Waals surface area contributed by atoms with Crippen molar-refractivity contribution in [1.29, 1.82) is 0 Å². The molecule has 1 fully saturated rings. The summed E-state index contributed by atoms with van der Waals surface area (Å²) in [5.41, 5.74) is -1.28. The normalized spacial score (nSPS) is 16.0. The maximum atomic E-state index is 13.0. The van der Waals surface area contributed by atoms with E-state index in [4.69, 9.17) is 0 Å². The molecule has 0 bridgehead atoms. The molecule has 150 valence electrons. The van der Waals surface area contributed by atoms with Gasteiger partial charge >= 0.3 is 6.18 Å². The Kier molecular flexibility index (Phi) is 4.94. The summed E-state index contributed by atoms with van der Waals surface area (Å²) in [4.78, 5) is 16.8.